The Balaban J connectivity index is 1.60. The highest BCUT2D eigenvalue weighted by Gasteiger charge is 2.38. The van der Waals surface area contributed by atoms with E-state index >= 15 is 0 Å². The molecule has 5 atom stereocenters. The van der Waals surface area contributed by atoms with Crippen LogP contribution in [-0.4, -0.2) is 6.04 Å². The molecule has 92 valence electrons. The lowest BCUT2D eigenvalue weighted by Crippen LogP contribution is -2.36. The van der Waals surface area contributed by atoms with Crippen LogP contribution in [0.25, 0.3) is 0 Å². The van der Waals surface area contributed by atoms with E-state index in [1.54, 1.807) is 0 Å². The van der Waals surface area contributed by atoms with Crippen molar-refractivity contribution in [3.8, 4) is 0 Å². The van der Waals surface area contributed by atoms with E-state index in [4.69, 9.17) is 0 Å². The van der Waals surface area contributed by atoms with Crippen molar-refractivity contribution >= 4 is 11.3 Å². The Morgan fingerprint density at radius 1 is 1.29 bits per heavy atom. The Morgan fingerprint density at radius 2 is 2.18 bits per heavy atom. The van der Waals surface area contributed by atoms with Crippen molar-refractivity contribution in [1.82, 2.24) is 5.32 Å². The first-order chi connectivity index (χ1) is 8.24. The van der Waals surface area contributed by atoms with Gasteiger partial charge in [-0.05, 0) is 55.9 Å². The van der Waals surface area contributed by atoms with Gasteiger partial charge in [0.25, 0.3) is 0 Å². The van der Waals surface area contributed by atoms with Gasteiger partial charge in [-0.1, -0.05) is 18.2 Å². The van der Waals surface area contributed by atoms with Gasteiger partial charge in [-0.15, -0.1) is 11.3 Å². The number of thiophene rings is 1. The summed E-state index contributed by atoms with van der Waals surface area (Å²) in [5, 5.41) is 5.95. The number of rotatable bonds is 4. The molecule has 1 heterocycles. The third-order valence-electron chi connectivity index (χ3n) is 4.46. The molecule has 1 aromatic rings. The molecule has 0 aromatic carbocycles. The summed E-state index contributed by atoms with van der Waals surface area (Å²) in [5.41, 5.74) is 0. The molecule has 1 nitrogen and oxygen atoms in total. The summed E-state index contributed by atoms with van der Waals surface area (Å²) in [5.74, 6) is 2.58. The first-order valence-corrected chi connectivity index (χ1v) is 7.60. The molecule has 2 bridgehead atoms. The zero-order valence-electron chi connectivity index (χ0n) is 10.6. The Morgan fingerprint density at radius 3 is 2.76 bits per heavy atom. The molecule has 17 heavy (non-hydrogen) atoms. The fourth-order valence-electron chi connectivity index (χ4n) is 3.54. The molecular formula is C15H21NS. The minimum Gasteiger partial charge on any atom is -0.307 e. The summed E-state index contributed by atoms with van der Waals surface area (Å²) in [4.78, 5) is 1.45. The van der Waals surface area contributed by atoms with Gasteiger partial charge in [0.1, 0.15) is 0 Å². The molecule has 1 saturated carbocycles. The highest BCUT2D eigenvalue weighted by molar-refractivity contribution is 7.10. The summed E-state index contributed by atoms with van der Waals surface area (Å²) in [7, 11) is 0. The van der Waals surface area contributed by atoms with Crippen molar-refractivity contribution < 1.29 is 0 Å². The van der Waals surface area contributed by atoms with Crippen LogP contribution in [0.4, 0.5) is 0 Å². The Bertz CT molecular complexity index is 395. The van der Waals surface area contributed by atoms with Gasteiger partial charge in [0.2, 0.25) is 0 Å². The number of hydrogen-bond acceptors (Lipinski definition) is 2. The molecule has 4 unspecified atom stereocenters. The quantitative estimate of drug-likeness (QED) is 0.793. The maximum absolute atomic E-state index is 3.79. The number of hydrogen-bond donors (Lipinski definition) is 1. The second-order valence-electron chi connectivity index (χ2n) is 5.64. The molecule has 0 spiro atoms. The molecule has 1 aromatic heterocycles. The standard InChI is InChI=1S/C15H21NS/c1-10(14-9-12-5-6-13(14)8-12)16-11(2)15-4-3-7-17-15/h3-7,10-14,16H,8-9H2,1-2H3/t10?,11-,12?,13?,14?/m0/s1. The molecule has 0 amide bonds. The van der Waals surface area contributed by atoms with Gasteiger partial charge in [0, 0.05) is 17.0 Å². The Labute approximate surface area is 108 Å². The Hall–Kier alpha value is -0.600. The van der Waals surface area contributed by atoms with Crippen LogP contribution in [0.2, 0.25) is 0 Å². The molecule has 2 aliphatic rings. The molecule has 0 aliphatic heterocycles. The molecular weight excluding hydrogens is 226 g/mol. The van der Waals surface area contributed by atoms with Gasteiger partial charge < -0.3 is 5.32 Å². The first-order valence-electron chi connectivity index (χ1n) is 6.72. The van der Waals surface area contributed by atoms with Crippen molar-refractivity contribution in [3.05, 3.63) is 34.5 Å². The Kier molecular flexibility index (Phi) is 3.10. The second kappa shape index (κ2) is 4.58. The first kappa shape index (κ1) is 11.5. The van der Waals surface area contributed by atoms with Crippen LogP contribution >= 0.6 is 11.3 Å². The van der Waals surface area contributed by atoms with Gasteiger partial charge in [0.05, 0.1) is 0 Å². The fraction of sp³-hybridized carbons (Fsp3) is 0.600. The number of allylic oxidation sites excluding steroid dienone is 2. The lowest BCUT2D eigenvalue weighted by atomic mass is 9.87. The van der Waals surface area contributed by atoms with Crippen LogP contribution in [0.5, 0.6) is 0 Å². The number of fused-ring (bicyclic) bond motifs is 2. The van der Waals surface area contributed by atoms with Crippen LogP contribution in [0.15, 0.2) is 29.7 Å². The summed E-state index contributed by atoms with van der Waals surface area (Å²) >= 11 is 1.85. The smallest absolute Gasteiger partial charge is 0.0388 e. The van der Waals surface area contributed by atoms with E-state index in [2.05, 4.69) is 48.8 Å². The molecule has 1 fully saturated rings. The summed E-state index contributed by atoms with van der Waals surface area (Å²) < 4.78 is 0. The number of nitrogens with one attached hydrogen (secondary N) is 1. The molecule has 2 aliphatic carbocycles. The third-order valence-corrected chi connectivity index (χ3v) is 5.51. The fourth-order valence-corrected chi connectivity index (χ4v) is 4.28. The van der Waals surface area contributed by atoms with Gasteiger partial charge in [-0.25, -0.2) is 0 Å². The van der Waals surface area contributed by atoms with Crippen LogP contribution in [0.3, 0.4) is 0 Å². The minimum atomic E-state index is 0.494. The maximum Gasteiger partial charge on any atom is 0.0388 e. The van der Waals surface area contributed by atoms with Crippen LogP contribution in [0, 0.1) is 17.8 Å². The van der Waals surface area contributed by atoms with Crippen molar-refractivity contribution in [2.24, 2.45) is 17.8 Å². The second-order valence-corrected chi connectivity index (χ2v) is 6.62. The van der Waals surface area contributed by atoms with Crippen molar-refractivity contribution in [2.45, 2.75) is 38.8 Å². The lowest BCUT2D eigenvalue weighted by Gasteiger charge is -2.28. The molecule has 2 heteroatoms. The van der Waals surface area contributed by atoms with Gasteiger partial charge in [0.15, 0.2) is 0 Å². The van der Waals surface area contributed by atoms with E-state index in [9.17, 15) is 0 Å². The van der Waals surface area contributed by atoms with E-state index in [-0.39, 0.29) is 0 Å². The maximum atomic E-state index is 3.79. The molecule has 0 saturated heterocycles. The topological polar surface area (TPSA) is 12.0 Å². The van der Waals surface area contributed by atoms with Gasteiger partial charge in [-0.3, -0.25) is 0 Å². The largest absolute Gasteiger partial charge is 0.307 e. The third kappa shape index (κ3) is 2.21. The van der Waals surface area contributed by atoms with E-state index in [1.165, 1.54) is 17.7 Å². The normalized spacial score (nSPS) is 34.1. The average molecular weight is 247 g/mol. The van der Waals surface area contributed by atoms with Crippen LogP contribution < -0.4 is 5.32 Å². The van der Waals surface area contributed by atoms with E-state index in [1.807, 2.05) is 11.3 Å². The molecule has 1 N–H and O–H groups in total. The lowest BCUT2D eigenvalue weighted by molar-refractivity contribution is 0.308. The molecule has 3 rings (SSSR count). The van der Waals surface area contributed by atoms with Crippen LogP contribution in [-0.2, 0) is 0 Å². The zero-order chi connectivity index (χ0) is 11.8. The van der Waals surface area contributed by atoms with Crippen molar-refractivity contribution in [1.29, 1.82) is 0 Å². The van der Waals surface area contributed by atoms with Crippen molar-refractivity contribution in [2.75, 3.05) is 0 Å². The average Bonchev–Trinajstić information content (AvgIpc) is 3.05. The SMILES string of the molecule is CC(N[C@@H](C)c1cccs1)C1CC2C=CC1C2. The molecule has 0 radical (unpaired) electrons. The highest BCUT2D eigenvalue weighted by Crippen LogP contribution is 2.45. The van der Waals surface area contributed by atoms with Gasteiger partial charge >= 0.3 is 0 Å². The zero-order valence-corrected chi connectivity index (χ0v) is 11.4. The van der Waals surface area contributed by atoms with Crippen molar-refractivity contribution in [3.63, 3.8) is 0 Å². The minimum absolute atomic E-state index is 0.494. The summed E-state index contributed by atoms with van der Waals surface area (Å²) in [6, 6.07) is 5.50. The summed E-state index contributed by atoms with van der Waals surface area (Å²) in [6.07, 6.45) is 7.68. The predicted octanol–water partition coefficient (Wildman–Crippen LogP) is 4.00. The highest BCUT2D eigenvalue weighted by atomic mass is 32.1. The van der Waals surface area contributed by atoms with E-state index in [0.29, 0.717) is 12.1 Å². The van der Waals surface area contributed by atoms with Gasteiger partial charge in [-0.2, -0.15) is 0 Å². The summed E-state index contributed by atoms with van der Waals surface area (Å²) in [6.45, 7) is 4.65. The van der Waals surface area contributed by atoms with Crippen LogP contribution in [0.1, 0.15) is 37.6 Å². The monoisotopic (exact) mass is 247 g/mol. The predicted molar refractivity (Wildman–Crippen MR) is 74.2 cm³/mol. The van der Waals surface area contributed by atoms with E-state index < -0.39 is 0 Å². The van der Waals surface area contributed by atoms with E-state index in [0.717, 1.165) is 17.8 Å².